The van der Waals surface area contributed by atoms with Crippen LogP contribution in [0.4, 0.5) is 10.7 Å². The first-order valence-electron chi connectivity index (χ1n) is 5.66. The Morgan fingerprint density at radius 2 is 2.33 bits per heavy atom. The molecule has 5 nitrogen and oxygen atoms in total. The summed E-state index contributed by atoms with van der Waals surface area (Å²) in [7, 11) is 1.61. The van der Waals surface area contributed by atoms with E-state index in [0.717, 1.165) is 0 Å². The average Bonchev–Trinajstić information content (AvgIpc) is 2.65. The Morgan fingerprint density at radius 3 is 2.83 bits per heavy atom. The topological polar surface area (TPSA) is 88.1 Å². The number of nitriles is 1. The second-order valence-electron chi connectivity index (χ2n) is 3.94. The standard InChI is InChI=1S/C12H17N3O2S/c1-4-9(16)11-10(14)8(5-13)12(18-11)15-7(2)6-17-3/h7,15H,4,6,14H2,1-3H3. The van der Waals surface area contributed by atoms with E-state index in [1.165, 1.54) is 11.3 Å². The highest BCUT2D eigenvalue weighted by atomic mass is 32.1. The Bertz CT molecular complexity index is 476. The number of carbonyl (C=O) groups is 1. The first-order valence-corrected chi connectivity index (χ1v) is 6.47. The molecule has 18 heavy (non-hydrogen) atoms. The van der Waals surface area contributed by atoms with Crippen LogP contribution in [0.5, 0.6) is 0 Å². The van der Waals surface area contributed by atoms with Crippen molar-refractivity contribution < 1.29 is 9.53 Å². The van der Waals surface area contributed by atoms with Crippen molar-refractivity contribution in [1.82, 2.24) is 0 Å². The van der Waals surface area contributed by atoms with Gasteiger partial charge in [-0.1, -0.05) is 6.92 Å². The fourth-order valence-corrected chi connectivity index (χ4v) is 2.73. The molecule has 1 aromatic heterocycles. The summed E-state index contributed by atoms with van der Waals surface area (Å²) in [6.07, 6.45) is 0.378. The number of ether oxygens (including phenoxy) is 1. The van der Waals surface area contributed by atoms with Crippen molar-refractivity contribution in [2.75, 3.05) is 24.8 Å². The number of carbonyl (C=O) groups excluding carboxylic acids is 1. The highest BCUT2D eigenvalue weighted by molar-refractivity contribution is 7.19. The van der Waals surface area contributed by atoms with E-state index in [4.69, 9.17) is 15.7 Å². The van der Waals surface area contributed by atoms with Gasteiger partial charge in [0.1, 0.15) is 16.6 Å². The Kier molecular flexibility index (Phi) is 5.13. The maximum atomic E-state index is 11.7. The lowest BCUT2D eigenvalue weighted by Gasteiger charge is -2.12. The van der Waals surface area contributed by atoms with Crippen molar-refractivity contribution in [3.05, 3.63) is 10.4 Å². The van der Waals surface area contributed by atoms with Gasteiger partial charge in [-0.2, -0.15) is 5.26 Å². The van der Waals surface area contributed by atoms with Gasteiger partial charge >= 0.3 is 0 Å². The number of rotatable bonds is 6. The normalized spacial score (nSPS) is 11.9. The lowest BCUT2D eigenvalue weighted by atomic mass is 10.2. The van der Waals surface area contributed by atoms with Gasteiger partial charge in [-0.05, 0) is 6.92 Å². The maximum Gasteiger partial charge on any atom is 0.174 e. The molecular formula is C12H17N3O2S. The van der Waals surface area contributed by atoms with E-state index in [9.17, 15) is 4.79 Å². The zero-order valence-electron chi connectivity index (χ0n) is 10.7. The van der Waals surface area contributed by atoms with Gasteiger partial charge in [0, 0.05) is 19.6 Å². The molecule has 0 aliphatic rings. The molecule has 0 saturated carbocycles. The maximum absolute atomic E-state index is 11.7. The van der Waals surface area contributed by atoms with Gasteiger partial charge in [-0.15, -0.1) is 11.3 Å². The van der Waals surface area contributed by atoms with Crippen LogP contribution in [0.25, 0.3) is 0 Å². The van der Waals surface area contributed by atoms with Crippen LogP contribution in [-0.4, -0.2) is 25.5 Å². The van der Waals surface area contributed by atoms with Crippen molar-refractivity contribution in [3.63, 3.8) is 0 Å². The van der Waals surface area contributed by atoms with E-state index in [-0.39, 0.29) is 17.5 Å². The van der Waals surface area contributed by atoms with E-state index < -0.39 is 0 Å². The lowest BCUT2D eigenvalue weighted by Crippen LogP contribution is -2.20. The van der Waals surface area contributed by atoms with E-state index in [1.807, 2.05) is 13.0 Å². The van der Waals surface area contributed by atoms with Gasteiger partial charge < -0.3 is 15.8 Å². The second kappa shape index (κ2) is 6.38. The number of nitrogens with two attached hydrogens (primary N) is 1. The summed E-state index contributed by atoms with van der Waals surface area (Å²) >= 11 is 1.23. The molecule has 1 unspecified atom stereocenters. The Hall–Kier alpha value is -1.58. The number of hydrogen-bond acceptors (Lipinski definition) is 6. The monoisotopic (exact) mass is 267 g/mol. The van der Waals surface area contributed by atoms with Gasteiger partial charge in [-0.3, -0.25) is 4.79 Å². The Morgan fingerprint density at radius 1 is 1.67 bits per heavy atom. The molecule has 0 saturated heterocycles. The van der Waals surface area contributed by atoms with Gasteiger partial charge in [0.05, 0.1) is 17.2 Å². The number of nitrogens with one attached hydrogen (secondary N) is 1. The number of Topliss-reactive ketones (excluding diaryl/α,β-unsaturated/α-hetero) is 1. The van der Waals surface area contributed by atoms with Gasteiger partial charge in [0.25, 0.3) is 0 Å². The van der Waals surface area contributed by atoms with Gasteiger partial charge in [0.2, 0.25) is 0 Å². The van der Waals surface area contributed by atoms with Crippen LogP contribution in [0.15, 0.2) is 0 Å². The molecule has 1 aromatic rings. The van der Waals surface area contributed by atoms with Crippen LogP contribution in [0.2, 0.25) is 0 Å². The molecule has 0 amide bonds. The number of hydrogen-bond donors (Lipinski definition) is 2. The second-order valence-corrected chi connectivity index (χ2v) is 4.96. The molecule has 0 aliphatic carbocycles. The van der Waals surface area contributed by atoms with Gasteiger partial charge in [-0.25, -0.2) is 0 Å². The molecule has 1 heterocycles. The lowest BCUT2D eigenvalue weighted by molar-refractivity contribution is 0.0993. The summed E-state index contributed by atoms with van der Waals surface area (Å²) in [6.45, 7) is 4.22. The summed E-state index contributed by atoms with van der Waals surface area (Å²) in [5.41, 5.74) is 6.46. The third-order valence-corrected chi connectivity index (χ3v) is 3.60. The molecule has 0 spiro atoms. The molecule has 0 aromatic carbocycles. The number of methoxy groups -OCH3 is 1. The van der Waals surface area contributed by atoms with Crippen LogP contribution in [0, 0.1) is 11.3 Å². The molecule has 0 radical (unpaired) electrons. The van der Waals surface area contributed by atoms with Crippen LogP contribution in [0.3, 0.4) is 0 Å². The summed E-state index contributed by atoms with van der Waals surface area (Å²) in [5.74, 6) is -0.0403. The zero-order chi connectivity index (χ0) is 13.7. The minimum absolute atomic E-state index is 0.0403. The summed E-state index contributed by atoms with van der Waals surface area (Å²) < 4.78 is 5.02. The van der Waals surface area contributed by atoms with E-state index in [0.29, 0.717) is 28.5 Å². The van der Waals surface area contributed by atoms with Crippen LogP contribution >= 0.6 is 11.3 Å². The van der Waals surface area contributed by atoms with E-state index in [1.54, 1.807) is 14.0 Å². The van der Waals surface area contributed by atoms with Crippen molar-refractivity contribution >= 4 is 27.8 Å². The number of nitrogens with zero attached hydrogens (tertiary/aromatic N) is 1. The van der Waals surface area contributed by atoms with Crippen molar-refractivity contribution in [2.24, 2.45) is 0 Å². The van der Waals surface area contributed by atoms with Crippen molar-refractivity contribution in [2.45, 2.75) is 26.3 Å². The van der Waals surface area contributed by atoms with Crippen LogP contribution in [0.1, 0.15) is 35.5 Å². The smallest absolute Gasteiger partial charge is 0.174 e. The summed E-state index contributed by atoms with van der Waals surface area (Å²) in [5, 5.41) is 12.9. The number of nitrogen functional groups attached to an aromatic ring is 1. The molecular weight excluding hydrogens is 250 g/mol. The molecule has 1 rings (SSSR count). The predicted molar refractivity (Wildman–Crippen MR) is 73.0 cm³/mol. The zero-order valence-corrected chi connectivity index (χ0v) is 11.6. The SMILES string of the molecule is CCC(=O)c1sc(NC(C)COC)c(C#N)c1N. The van der Waals surface area contributed by atoms with Crippen LogP contribution in [-0.2, 0) is 4.74 Å². The molecule has 6 heteroatoms. The fourth-order valence-electron chi connectivity index (χ4n) is 1.54. The Labute approximate surface area is 111 Å². The molecule has 0 bridgehead atoms. The average molecular weight is 267 g/mol. The van der Waals surface area contributed by atoms with E-state index in [2.05, 4.69) is 5.32 Å². The third-order valence-electron chi connectivity index (χ3n) is 2.43. The van der Waals surface area contributed by atoms with Crippen LogP contribution < -0.4 is 11.1 Å². The summed E-state index contributed by atoms with van der Waals surface area (Å²) in [4.78, 5) is 12.2. The molecule has 0 fully saturated rings. The van der Waals surface area contributed by atoms with Crippen molar-refractivity contribution in [3.8, 4) is 6.07 Å². The third kappa shape index (κ3) is 3.00. The highest BCUT2D eigenvalue weighted by Gasteiger charge is 2.20. The Balaban J connectivity index is 3.05. The largest absolute Gasteiger partial charge is 0.396 e. The summed E-state index contributed by atoms with van der Waals surface area (Å²) in [6, 6.07) is 2.09. The van der Waals surface area contributed by atoms with E-state index >= 15 is 0 Å². The van der Waals surface area contributed by atoms with Crippen molar-refractivity contribution in [1.29, 1.82) is 5.26 Å². The molecule has 98 valence electrons. The quantitative estimate of drug-likeness (QED) is 0.772. The number of anilines is 2. The molecule has 1 atom stereocenters. The number of ketones is 1. The highest BCUT2D eigenvalue weighted by Crippen LogP contribution is 2.36. The molecule has 3 N–H and O–H groups in total. The predicted octanol–water partition coefficient (Wildman–Crippen LogP) is 2.24. The minimum Gasteiger partial charge on any atom is -0.396 e. The minimum atomic E-state index is -0.0403. The number of thiophene rings is 1. The first kappa shape index (κ1) is 14.5. The fraction of sp³-hybridized carbons (Fsp3) is 0.500. The first-order chi connectivity index (χ1) is 8.54. The van der Waals surface area contributed by atoms with Gasteiger partial charge in [0.15, 0.2) is 5.78 Å². The molecule has 0 aliphatic heterocycles.